The first-order valence-corrected chi connectivity index (χ1v) is 9.62. The number of rotatable bonds is 6. The summed E-state index contributed by atoms with van der Waals surface area (Å²) in [7, 11) is 0. The van der Waals surface area contributed by atoms with Crippen LogP contribution in [0.25, 0.3) is 16.7 Å². The molecule has 8 nitrogen and oxygen atoms in total. The summed E-state index contributed by atoms with van der Waals surface area (Å²) in [5.41, 5.74) is 1.43. The first-order valence-electron chi connectivity index (χ1n) is 9.62. The van der Waals surface area contributed by atoms with E-state index in [4.69, 9.17) is 5.41 Å². The zero-order valence-corrected chi connectivity index (χ0v) is 16.2. The first kappa shape index (κ1) is 19.5. The fourth-order valence-corrected chi connectivity index (χ4v) is 3.44. The van der Waals surface area contributed by atoms with E-state index in [1.807, 2.05) is 30.3 Å². The van der Waals surface area contributed by atoms with Crippen LogP contribution in [-0.2, 0) is 13.0 Å². The van der Waals surface area contributed by atoms with E-state index in [0.717, 1.165) is 5.56 Å². The van der Waals surface area contributed by atoms with Gasteiger partial charge in [0, 0.05) is 19.3 Å². The Bertz CT molecular complexity index is 1340. The topological polar surface area (TPSA) is 112 Å². The molecule has 3 aromatic heterocycles. The molecule has 0 fully saturated rings. The Morgan fingerprint density at radius 2 is 1.90 bits per heavy atom. The van der Waals surface area contributed by atoms with Gasteiger partial charge in [0.25, 0.3) is 11.5 Å². The van der Waals surface area contributed by atoms with Crippen molar-refractivity contribution in [2.75, 3.05) is 13.2 Å². The summed E-state index contributed by atoms with van der Waals surface area (Å²) < 4.78 is 2.79. The molecular weight excluding hydrogens is 382 g/mol. The average molecular weight is 403 g/mol. The monoisotopic (exact) mass is 403 g/mol. The van der Waals surface area contributed by atoms with Crippen LogP contribution < -0.4 is 16.4 Å². The Morgan fingerprint density at radius 1 is 1.13 bits per heavy atom. The van der Waals surface area contributed by atoms with E-state index in [1.165, 1.54) is 15.0 Å². The van der Waals surface area contributed by atoms with Gasteiger partial charge in [0.15, 0.2) is 0 Å². The van der Waals surface area contributed by atoms with E-state index in [1.54, 1.807) is 24.4 Å². The van der Waals surface area contributed by atoms with Gasteiger partial charge in [0.05, 0.1) is 17.6 Å². The van der Waals surface area contributed by atoms with Crippen LogP contribution in [0.15, 0.2) is 65.6 Å². The summed E-state index contributed by atoms with van der Waals surface area (Å²) >= 11 is 0. The molecule has 1 amide bonds. The van der Waals surface area contributed by atoms with Crippen molar-refractivity contribution in [2.45, 2.75) is 13.0 Å². The number of fused-ring (bicyclic) bond motifs is 2. The van der Waals surface area contributed by atoms with Crippen molar-refractivity contribution >= 4 is 22.6 Å². The zero-order chi connectivity index (χ0) is 21.1. The number of aliphatic hydroxyl groups is 1. The number of nitrogens with one attached hydrogen (secondary N) is 2. The second-order valence-electron chi connectivity index (χ2n) is 6.86. The van der Waals surface area contributed by atoms with Gasteiger partial charge in [-0.2, -0.15) is 0 Å². The van der Waals surface area contributed by atoms with E-state index >= 15 is 0 Å². The lowest BCUT2D eigenvalue weighted by molar-refractivity contribution is 0.0951. The second-order valence-corrected chi connectivity index (χ2v) is 6.86. The summed E-state index contributed by atoms with van der Waals surface area (Å²) in [5, 5.41) is 21.0. The smallest absolute Gasteiger partial charge is 0.267 e. The minimum Gasteiger partial charge on any atom is -0.395 e. The predicted octanol–water partition coefficient (Wildman–Crippen LogP) is 1.09. The molecule has 8 heteroatoms. The van der Waals surface area contributed by atoms with Crippen LogP contribution in [0.1, 0.15) is 15.9 Å². The molecule has 0 aliphatic rings. The van der Waals surface area contributed by atoms with Gasteiger partial charge in [-0.15, -0.1) is 0 Å². The van der Waals surface area contributed by atoms with Gasteiger partial charge < -0.3 is 15.0 Å². The molecule has 0 unspecified atom stereocenters. The quantitative estimate of drug-likeness (QED) is 0.418. The third kappa shape index (κ3) is 3.60. The number of hydrogen-bond donors (Lipinski definition) is 3. The number of aliphatic hydroxyl groups excluding tert-OH is 1. The van der Waals surface area contributed by atoms with Gasteiger partial charge >= 0.3 is 0 Å². The van der Waals surface area contributed by atoms with Crippen molar-refractivity contribution in [1.29, 1.82) is 5.41 Å². The molecule has 4 aromatic rings. The third-order valence-electron chi connectivity index (χ3n) is 4.93. The maximum atomic E-state index is 13.0. The molecule has 0 bridgehead atoms. The highest BCUT2D eigenvalue weighted by Crippen LogP contribution is 2.10. The number of carbonyl (C=O) groups excluding carboxylic acids is 1. The molecule has 3 heterocycles. The predicted molar refractivity (Wildman–Crippen MR) is 112 cm³/mol. The van der Waals surface area contributed by atoms with Crippen molar-refractivity contribution in [3.8, 4) is 0 Å². The van der Waals surface area contributed by atoms with Crippen LogP contribution in [0, 0.1) is 5.41 Å². The van der Waals surface area contributed by atoms with Crippen molar-refractivity contribution in [1.82, 2.24) is 19.3 Å². The van der Waals surface area contributed by atoms with Crippen molar-refractivity contribution in [3.63, 3.8) is 0 Å². The Hall–Kier alpha value is -3.78. The van der Waals surface area contributed by atoms with Crippen LogP contribution >= 0.6 is 0 Å². The van der Waals surface area contributed by atoms with Gasteiger partial charge in [0.2, 0.25) is 0 Å². The number of nitrogens with zero attached hydrogens (tertiary/aromatic N) is 3. The van der Waals surface area contributed by atoms with Gasteiger partial charge in [-0.25, -0.2) is 4.98 Å². The molecule has 30 heavy (non-hydrogen) atoms. The zero-order valence-electron chi connectivity index (χ0n) is 16.2. The number of amides is 1. The van der Waals surface area contributed by atoms with Gasteiger partial charge in [-0.1, -0.05) is 36.4 Å². The SMILES string of the molecule is N=c1c(C(=O)NCCc2ccccc2)cc2c(=O)n3ccccc3nc2n1CCO. The maximum Gasteiger partial charge on any atom is 0.267 e. The van der Waals surface area contributed by atoms with E-state index < -0.39 is 5.91 Å². The fourth-order valence-electron chi connectivity index (χ4n) is 3.44. The van der Waals surface area contributed by atoms with E-state index in [9.17, 15) is 14.7 Å². The summed E-state index contributed by atoms with van der Waals surface area (Å²) in [6.45, 7) is 0.200. The number of carbonyl (C=O) groups is 1. The molecule has 4 rings (SSSR count). The molecule has 1 aromatic carbocycles. The normalized spacial score (nSPS) is 11.1. The summed E-state index contributed by atoms with van der Waals surface area (Å²) in [6.07, 6.45) is 2.26. The fraction of sp³-hybridized carbons (Fsp3) is 0.182. The summed E-state index contributed by atoms with van der Waals surface area (Å²) in [6, 6.07) is 16.3. The summed E-state index contributed by atoms with van der Waals surface area (Å²) in [4.78, 5) is 30.3. The van der Waals surface area contributed by atoms with Crippen molar-refractivity contribution in [2.24, 2.45) is 0 Å². The highest BCUT2D eigenvalue weighted by Gasteiger charge is 2.17. The van der Waals surface area contributed by atoms with Gasteiger partial charge in [0.1, 0.15) is 16.8 Å². The van der Waals surface area contributed by atoms with Crippen molar-refractivity contribution in [3.05, 3.63) is 87.8 Å². The number of pyridine rings is 2. The average Bonchev–Trinajstić information content (AvgIpc) is 2.77. The molecule has 152 valence electrons. The molecular formula is C22H21N5O3. The molecule has 0 saturated heterocycles. The largest absolute Gasteiger partial charge is 0.395 e. The Kier molecular flexibility index (Phi) is 5.40. The molecule has 0 aliphatic carbocycles. The lowest BCUT2D eigenvalue weighted by Gasteiger charge is -2.14. The minimum absolute atomic E-state index is 0.0515. The van der Waals surface area contributed by atoms with Gasteiger partial charge in [-0.05, 0) is 30.2 Å². The van der Waals surface area contributed by atoms with Crippen LogP contribution in [0.2, 0.25) is 0 Å². The lowest BCUT2D eigenvalue weighted by atomic mass is 10.1. The minimum atomic E-state index is -0.443. The lowest BCUT2D eigenvalue weighted by Crippen LogP contribution is -2.36. The van der Waals surface area contributed by atoms with Gasteiger partial charge in [-0.3, -0.25) is 19.4 Å². The molecule has 0 aliphatic heterocycles. The second kappa shape index (κ2) is 8.30. The number of benzene rings is 1. The Morgan fingerprint density at radius 3 is 2.67 bits per heavy atom. The van der Waals surface area contributed by atoms with Crippen LogP contribution in [-0.4, -0.2) is 38.1 Å². The molecule has 0 saturated carbocycles. The van der Waals surface area contributed by atoms with Crippen molar-refractivity contribution < 1.29 is 9.90 Å². The Balaban J connectivity index is 1.75. The highest BCUT2D eigenvalue weighted by atomic mass is 16.3. The van der Waals surface area contributed by atoms with Crippen LogP contribution in [0.4, 0.5) is 0 Å². The molecule has 0 radical (unpaired) electrons. The third-order valence-corrected chi connectivity index (χ3v) is 4.93. The van der Waals surface area contributed by atoms with E-state index in [2.05, 4.69) is 10.3 Å². The van der Waals surface area contributed by atoms with E-state index in [-0.39, 0.29) is 40.8 Å². The molecule has 0 atom stereocenters. The van der Waals surface area contributed by atoms with Crippen LogP contribution in [0.5, 0.6) is 0 Å². The van der Waals surface area contributed by atoms with Crippen LogP contribution in [0.3, 0.4) is 0 Å². The summed E-state index contributed by atoms with van der Waals surface area (Å²) in [5.74, 6) is -0.443. The van der Waals surface area contributed by atoms with E-state index in [0.29, 0.717) is 18.6 Å². The first-order chi connectivity index (χ1) is 14.6. The standard InChI is InChI=1S/C22H21N5O3/c23-19-16(21(29)24-10-9-15-6-2-1-3-7-15)14-17-20(27(19)12-13-28)25-18-8-4-5-11-26(18)22(17)30/h1-8,11,14,23,28H,9-10,12-13H2,(H,24,29). The number of aromatic nitrogens is 3. The molecule has 0 spiro atoms. The maximum absolute atomic E-state index is 13.0. The highest BCUT2D eigenvalue weighted by molar-refractivity contribution is 5.96. The Labute approximate surface area is 171 Å². The number of hydrogen-bond acceptors (Lipinski definition) is 5. The molecule has 3 N–H and O–H groups in total.